The number of halogens is 1. The lowest BCUT2D eigenvalue weighted by Crippen LogP contribution is -2.16. The van der Waals surface area contributed by atoms with Gasteiger partial charge >= 0.3 is 0 Å². The Morgan fingerprint density at radius 2 is 2.11 bits per heavy atom. The molecule has 1 aromatic heterocycles. The number of benzene rings is 1. The molecule has 0 unspecified atom stereocenters. The predicted octanol–water partition coefficient (Wildman–Crippen LogP) is 3.60. The Labute approximate surface area is 118 Å². The molecule has 0 aliphatic carbocycles. The molecule has 2 rings (SSSR count). The third-order valence-corrected chi connectivity index (χ3v) is 4.23. The van der Waals surface area contributed by atoms with Gasteiger partial charge in [0.1, 0.15) is 5.82 Å². The Hall–Kier alpha value is -0.970. The number of thiophene rings is 1. The van der Waals surface area contributed by atoms with Crippen LogP contribution in [0.25, 0.3) is 10.1 Å². The lowest BCUT2D eigenvalue weighted by atomic mass is 10.1. The highest BCUT2D eigenvalue weighted by Gasteiger charge is 2.15. The van der Waals surface area contributed by atoms with Gasteiger partial charge in [-0.15, -0.1) is 11.3 Å². The topological polar surface area (TPSA) is 15.3 Å². The molecule has 19 heavy (non-hydrogen) atoms. The van der Waals surface area contributed by atoms with Crippen LogP contribution in [0.15, 0.2) is 18.2 Å². The van der Waals surface area contributed by atoms with Crippen molar-refractivity contribution in [2.45, 2.75) is 26.4 Å². The van der Waals surface area contributed by atoms with Gasteiger partial charge in [0.2, 0.25) is 0 Å². The second kappa shape index (κ2) is 6.46. The fourth-order valence-corrected chi connectivity index (χ4v) is 3.42. The van der Waals surface area contributed by atoms with Crippen molar-refractivity contribution < 1.29 is 4.39 Å². The molecular formula is C15H21FN2S. The normalized spacial score (nSPS) is 11.6. The maximum absolute atomic E-state index is 14.1. The molecule has 0 spiro atoms. The number of hydrogen-bond donors (Lipinski definition) is 1. The van der Waals surface area contributed by atoms with Crippen LogP contribution in [0, 0.1) is 5.82 Å². The van der Waals surface area contributed by atoms with Gasteiger partial charge in [0.05, 0.1) is 0 Å². The van der Waals surface area contributed by atoms with Gasteiger partial charge in [-0.05, 0) is 44.8 Å². The highest BCUT2D eigenvalue weighted by atomic mass is 32.1. The molecule has 4 heteroatoms. The van der Waals surface area contributed by atoms with Crippen LogP contribution in [0.4, 0.5) is 4.39 Å². The molecule has 0 fully saturated rings. The molecule has 0 radical (unpaired) electrons. The molecule has 0 amide bonds. The van der Waals surface area contributed by atoms with Crippen LogP contribution < -0.4 is 5.32 Å². The fourth-order valence-electron chi connectivity index (χ4n) is 2.22. The monoisotopic (exact) mass is 280 g/mol. The fraction of sp³-hybridized carbons (Fsp3) is 0.467. The molecule has 1 aromatic carbocycles. The number of nitrogens with zero attached hydrogens (tertiary/aromatic N) is 1. The van der Waals surface area contributed by atoms with Crippen LogP contribution in [0.1, 0.15) is 23.8 Å². The standard InChI is InChI=1S/C15H21FN2S/c1-4-8-17-9-14-11(10-18(2)3)15-12(16)6-5-7-13(15)19-14/h5-7,17H,4,8-10H2,1-3H3. The van der Waals surface area contributed by atoms with Gasteiger partial charge in [-0.1, -0.05) is 13.0 Å². The van der Waals surface area contributed by atoms with Crippen molar-refractivity contribution in [1.29, 1.82) is 0 Å². The maximum Gasteiger partial charge on any atom is 0.132 e. The van der Waals surface area contributed by atoms with E-state index in [1.807, 2.05) is 20.2 Å². The minimum atomic E-state index is -0.104. The Bertz CT molecular complexity index is 548. The number of rotatable bonds is 6. The summed E-state index contributed by atoms with van der Waals surface area (Å²) in [6, 6.07) is 5.35. The number of nitrogens with one attached hydrogen (secondary N) is 1. The Morgan fingerprint density at radius 3 is 2.79 bits per heavy atom. The predicted molar refractivity (Wildman–Crippen MR) is 81.2 cm³/mol. The highest BCUT2D eigenvalue weighted by molar-refractivity contribution is 7.19. The summed E-state index contributed by atoms with van der Waals surface area (Å²) in [6.07, 6.45) is 1.11. The average Bonchev–Trinajstić information content (AvgIpc) is 2.69. The molecule has 104 valence electrons. The molecule has 0 saturated heterocycles. The van der Waals surface area contributed by atoms with E-state index in [1.165, 1.54) is 4.88 Å². The van der Waals surface area contributed by atoms with Gasteiger partial charge in [-0.3, -0.25) is 0 Å². The minimum Gasteiger partial charge on any atom is -0.312 e. The zero-order valence-corrected chi connectivity index (χ0v) is 12.6. The van der Waals surface area contributed by atoms with Crippen molar-refractivity contribution in [3.63, 3.8) is 0 Å². The molecule has 0 atom stereocenters. The molecule has 2 aromatic rings. The molecule has 2 nitrogen and oxygen atoms in total. The zero-order chi connectivity index (χ0) is 13.8. The van der Waals surface area contributed by atoms with Crippen molar-refractivity contribution in [2.75, 3.05) is 20.6 Å². The molecule has 1 heterocycles. The van der Waals surface area contributed by atoms with Crippen LogP contribution in [0.2, 0.25) is 0 Å². The van der Waals surface area contributed by atoms with Gasteiger partial charge < -0.3 is 10.2 Å². The van der Waals surface area contributed by atoms with Crippen molar-refractivity contribution in [3.05, 3.63) is 34.5 Å². The van der Waals surface area contributed by atoms with Gasteiger partial charge in [-0.2, -0.15) is 0 Å². The largest absolute Gasteiger partial charge is 0.312 e. The summed E-state index contributed by atoms with van der Waals surface area (Å²) in [7, 11) is 4.04. The van der Waals surface area contributed by atoms with E-state index < -0.39 is 0 Å². The van der Waals surface area contributed by atoms with Crippen molar-refractivity contribution in [3.8, 4) is 0 Å². The minimum absolute atomic E-state index is 0.104. The summed E-state index contributed by atoms with van der Waals surface area (Å²) in [4.78, 5) is 3.35. The Kier molecular flexibility index (Phi) is 4.91. The third kappa shape index (κ3) is 3.32. The summed E-state index contributed by atoms with van der Waals surface area (Å²) in [5.41, 5.74) is 1.13. The van der Waals surface area contributed by atoms with Crippen LogP contribution in [-0.2, 0) is 13.1 Å². The van der Waals surface area contributed by atoms with E-state index in [9.17, 15) is 4.39 Å². The van der Waals surface area contributed by atoms with Gasteiger partial charge in [0, 0.05) is 28.1 Å². The van der Waals surface area contributed by atoms with Crippen LogP contribution >= 0.6 is 11.3 Å². The molecule has 0 saturated carbocycles. The van der Waals surface area contributed by atoms with Crippen LogP contribution in [0.5, 0.6) is 0 Å². The first-order chi connectivity index (χ1) is 9.13. The highest BCUT2D eigenvalue weighted by Crippen LogP contribution is 2.33. The second-order valence-corrected chi connectivity index (χ2v) is 6.17. The summed E-state index contributed by atoms with van der Waals surface area (Å²) < 4.78 is 15.1. The second-order valence-electron chi connectivity index (χ2n) is 5.03. The Balaban J connectivity index is 2.40. The molecule has 0 aliphatic heterocycles. The van der Waals surface area contributed by atoms with E-state index in [0.29, 0.717) is 0 Å². The van der Waals surface area contributed by atoms with E-state index >= 15 is 0 Å². The number of hydrogen-bond acceptors (Lipinski definition) is 3. The van der Waals surface area contributed by atoms with Crippen LogP contribution in [0.3, 0.4) is 0 Å². The quantitative estimate of drug-likeness (QED) is 0.813. The lowest BCUT2D eigenvalue weighted by Gasteiger charge is -2.12. The third-order valence-electron chi connectivity index (χ3n) is 3.03. The SMILES string of the molecule is CCCNCc1sc2cccc(F)c2c1CN(C)C. The van der Waals surface area contributed by atoms with E-state index in [4.69, 9.17) is 0 Å². The average molecular weight is 280 g/mol. The van der Waals surface area contributed by atoms with Crippen molar-refractivity contribution >= 4 is 21.4 Å². The van der Waals surface area contributed by atoms with Crippen molar-refractivity contribution in [2.24, 2.45) is 0 Å². The van der Waals surface area contributed by atoms with E-state index in [0.717, 1.165) is 41.7 Å². The van der Waals surface area contributed by atoms with Crippen LogP contribution in [-0.4, -0.2) is 25.5 Å². The molecular weight excluding hydrogens is 259 g/mol. The summed E-state index contributed by atoms with van der Waals surface area (Å²) >= 11 is 1.70. The first kappa shape index (κ1) is 14.4. The molecule has 0 bridgehead atoms. The van der Waals surface area contributed by atoms with Gasteiger partial charge in [0.25, 0.3) is 0 Å². The first-order valence-corrected chi connectivity index (χ1v) is 7.49. The lowest BCUT2D eigenvalue weighted by molar-refractivity contribution is 0.402. The summed E-state index contributed by atoms with van der Waals surface area (Å²) in [6.45, 7) is 4.76. The van der Waals surface area contributed by atoms with Gasteiger partial charge in [0.15, 0.2) is 0 Å². The van der Waals surface area contributed by atoms with E-state index in [1.54, 1.807) is 23.5 Å². The van der Waals surface area contributed by atoms with E-state index in [-0.39, 0.29) is 5.82 Å². The molecule has 0 aliphatic rings. The van der Waals surface area contributed by atoms with Crippen molar-refractivity contribution in [1.82, 2.24) is 10.2 Å². The summed E-state index contributed by atoms with van der Waals surface area (Å²) in [5, 5.41) is 4.22. The Morgan fingerprint density at radius 1 is 1.32 bits per heavy atom. The smallest absolute Gasteiger partial charge is 0.132 e. The molecule has 1 N–H and O–H groups in total. The van der Waals surface area contributed by atoms with E-state index in [2.05, 4.69) is 17.1 Å². The van der Waals surface area contributed by atoms with Gasteiger partial charge in [-0.25, -0.2) is 4.39 Å². The first-order valence-electron chi connectivity index (χ1n) is 6.67. The summed E-state index contributed by atoms with van der Waals surface area (Å²) in [5.74, 6) is -0.104. The maximum atomic E-state index is 14.1. The number of fused-ring (bicyclic) bond motifs is 1. The zero-order valence-electron chi connectivity index (χ0n) is 11.8.